The van der Waals surface area contributed by atoms with Crippen molar-refractivity contribution in [3.05, 3.63) is 108 Å². The Kier molecular flexibility index (Phi) is 7.20. The quantitative estimate of drug-likeness (QED) is 0.348. The minimum absolute atomic E-state index is 0.0809. The van der Waals surface area contributed by atoms with Crippen molar-refractivity contribution in [2.24, 2.45) is 0 Å². The molecule has 3 aromatic carbocycles. The molecule has 0 aliphatic rings. The molecule has 0 saturated carbocycles. The van der Waals surface area contributed by atoms with Crippen molar-refractivity contribution in [3.8, 4) is 17.2 Å². The lowest BCUT2D eigenvalue weighted by molar-refractivity contribution is 0.0938. The first-order valence-electron chi connectivity index (χ1n) is 11.2. The molecule has 1 amide bonds. The molecule has 0 spiro atoms. The van der Waals surface area contributed by atoms with E-state index in [4.69, 9.17) is 9.15 Å². The van der Waals surface area contributed by atoms with E-state index < -0.39 is 0 Å². The summed E-state index contributed by atoms with van der Waals surface area (Å²) in [6.45, 7) is 4.24. The number of carbonyl (C=O) groups is 1. The zero-order valence-electron chi connectivity index (χ0n) is 19.0. The molecule has 168 valence electrons. The van der Waals surface area contributed by atoms with Crippen molar-refractivity contribution in [1.82, 2.24) is 10.3 Å². The molecule has 1 atom stereocenters. The predicted molar refractivity (Wildman–Crippen MR) is 129 cm³/mol. The first-order valence-corrected chi connectivity index (χ1v) is 11.2. The van der Waals surface area contributed by atoms with E-state index in [0.717, 1.165) is 35.6 Å². The van der Waals surface area contributed by atoms with Gasteiger partial charge < -0.3 is 14.5 Å². The highest BCUT2D eigenvalue weighted by Crippen LogP contribution is 2.23. The Labute approximate surface area is 194 Å². The third kappa shape index (κ3) is 6.10. The SMILES string of the molecule is Cc1oc(-c2ccc(C(=O)N[C@H](C)CCc3ccccc3)cc2)nc1COc1ccccc1. The Morgan fingerprint density at radius 3 is 2.33 bits per heavy atom. The summed E-state index contributed by atoms with van der Waals surface area (Å²) in [7, 11) is 0. The summed E-state index contributed by atoms with van der Waals surface area (Å²) < 4.78 is 11.6. The van der Waals surface area contributed by atoms with Crippen molar-refractivity contribution in [2.45, 2.75) is 39.3 Å². The molecule has 4 aromatic rings. The van der Waals surface area contributed by atoms with Crippen LogP contribution in [0.25, 0.3) is 11.5 Å². The van der Waals surface area contributed by atoms with Gasteiger partial charge in [0.25, 0.3) is 5.91 Å². The zero-order valence-corrected chi connectivity index (χ0v) is 19.0. The highest BCUT2D eigenvalue weighted by molar-refractivity contribution is 5.94. The van der Waals surface area contributed by atoms with Crippen molar-refractivity contribution >= 4 is 5.91 Å². The molecule has 4 rings (SSSR count). The second-order valence-electron chi connectivity index (χ2n) is 8.10. The van der Waals surface area contributed by atoms with Crippen LogP contribution in [0.1, 0.15) is 40.7 Å². The fourth-order valence-electron chi connectivity index (χ4n) is 3.53. The number of oxazole rings is 1. The summed E-state index contributed by atoms with van der Waals surface area (Å²) in [5, 5.41) is 3.08. The fraction of sp³-hybridized carbons (Fsp3) is 0.214. The van der Waals surface area contributed by atoms with Gasteiger partial charge in [-0.25, -0.2) is 4.98 Å². The van der Waals surface area contributed by atoms with E-state index in [9.17, 15) is 4.79 Å². The minimum atomic E-state index is -0.0809. The monoisotopic (exact) mass is 440 g/mol. The molecule has 0 aliphatic carbocycles. The molecule has 0 saturated heterocycles. The van der Waals surface area contributed by atoms with Crippen molar-refractivity contribution < 1.29 is 13.9 Å². The van der Waals surface area contributed by atoms with E-state index in [0.29, 0.717) is 18.1 Å². The van der Waals surface area contributed by atoms with Crippen LogP contribution in [-0.2, 0) is 13.0 Å². The van der Waals surface area contributed by atoms with E-state index in [2.05, 4.69) is 22.4 Å². The second kappa shape index (κ2) is 10.6. The number of hydrogen-bond donors (Lipinski definition) is 1. The topological polar surface area (TPSA) is 64.4 Å². The van der Waals surface area contributed by atoms with Gasteiger partial charge in [-0.05, 0) is 68.7 Å². The van der Waals surface area contributed by atoms with Gasteiger partial charge in [-0.2, -0.15) is 0 Å². The highest BCUT2D eigenvalue weighted by Gasteiger charge is 2.14. The lowest BCUT2D eigenvalue weighted by atomic mass is 10.1. The van der Waals surface area contributed by atoms with Crippen LogP contribution in [0.15, 0.2) is 89.3 Å². The largest absolute Gasteiger partial charge is 0.487 e. The molecular weight excluding hydrogens is 412 g/mol. The van der Waals surface area contributed by atoms with Crippen molar-refractivity contribution in [1.29, 1.82) is 0 Å². The molecule has 0 bridgehead atoms. The van der Waals surface area contributed by atoms with Crippen LogP contribution in [-0.4, -0.2) is 16.9 Å². The lowest BCUT2D eigenvalue weighted by Gasteiger charge is -2.14. The Balaban J connectivity index is 1.33. The van der Waals surface area contributed by atoms with E-state index in [-0.39, 0.29) is 11.9 Å². The first kappa shape index (κ1) is 22.3. The van der Waals surface area contributed by atoms with Crippen LogP contribution >= 0.6 is 0 Å². The standard InChI is InChI=1S/C28H28N2O3/c1-20(13-14-22-9-5-3-6-10-22)29-27(31)23-15-17-24(18-16-23)28-30-26(21(2)33-28)19-32-25-11-7-4-8-12-25/h3-12,15-18,20H,13-14,19H2,1-2H3,(H,29,31)/t20-/m1/s1. The second-order valence-corrected chi connectivity index (χ2v) is 8.10. The molecule has 0 aliphatic heterocycles. The number of carbonyl (C=O) groups excluding carboxylic acids is 1. The van der Waals surface area contributed by atoms with Gasteiger partial charge in [-0.15, -0.1) is 0 Å². The third-order valence-corrected chi connectivity index (χ3v) is 5.49. The molecule has 33 heavy (non-hydrogen) atoms. The number of nitrogens with zero attached hydrogens (tertiary/aromatic N) is 1. The van der Waals surface area contributed by atoms with Crippen LogP contribution in [0, 0.1) is 6.92 Å². The fourth-order valence-corrected chi connectivity index (χ4v) is 3.53. The summed E-state index contributed by atoms with van der Waals surface area (Å²) in [4.78, 5) is 17.2. The lowest BCUT2D eigenvalue weighted by Crippen LogP contribution is -2.32. The number of para-hydroxylation sites is 1. The zero-order chi connectivity index (χ0) is 23.0. The summed E-state index contributed by atoms with van der Waals surface area (Å²) in [5.74, 6) is 1.94. The van der Waals surface area contributed by atoms with Gasteiger partial charge in [0.2, 0.25) is 5.89 Å². The van der Waals surface area contributed by atoms with E-state index in [1.54, 1.807) is 12.1 Å². The molecule has 0 fully saturated rings. The normalized spacial score (nSPS) is 11.7. The molecule has 0 unspecified atom stereocenters. The predicted octanol–water partition coefficient (Wildman–Crippen LogP) is 5.98. The smallest absolute Gasteiger partial charge is 0.251 e. The Hall–Kier alpha value is -3.86. The molecular formula is C28H28N2O3. The van der Waals surface area contributed by atoms with Gasteiger partial charge in [0.05, 0.1) is 0 Å². The molecule has 1 heterocycles. The number of amides is 1. The minimum Gasteiger partial charge on any atom is -0.487 e. The third-order valence-electron chi connectivity index (χ3n) is 5.49. The maximum atomic E-state index is 12.6. The number of rotatable bonds is 9. The van der Waals surface area contributed by atoms with Gasteiger partial charge in [0, 0.05) is 17.2 Å². The van der Waals surface area contributed by atoms with Crippen LogP contribution in [0.4, 0.5) is 0 Å². The number of nitrogens with one attached hydrogen (secondary N) is 1. The van der Waals surface area contributed by atoms with Gasteiger partial charge in [-0.3, -0.25) is 4.79 Å². The Morgan fingerprint density at radius 1 is 0.970 bits per heavy atom. The number of aromatic nitrogens is 1. The van der Waals surface area contributed by atoms with E-state index >= 15 is 0 Å². The van der Waals surface area contributed by atoms with Gasteiger partial charge >= 0.3 is 0 Å². The van der Waals surface area contributed by atoms with Crippen LogP contribution in [0.3, 0.4) is 0 Å². The number of ether oxygens (including phenoxy) is 1. The van der Waals surface area contributed by atoms with Crippen LogP contribution in [0.2, 0.25) is 0 Å². The Bertz CT molecular complexity index is 1170. The number of benzene rings is 3. The average molecular weight is 441 g/mol. The van der Waals surface area contributed by atoms with Crippen LogP contribution in [0.5, 0.6) is 5.75 Å². The summed E-state index contributed by atoms with van der Waals surface area (Å²) >= 11 is 0. The number of hydrogen-bond acceptors (Lipinski definition) is 4. The molecule has 0 radical (unpaired) electrons. The average Bonchev–Trinajstić information content (AvgIpc) is 3.23. The highest BCUT2D eigenvalue weighted by atomic mass is 16.5. The summed E-state index contributed by atoms with van der Waals surface area (Å²) in [5.41, 5.74) is 3.46. The maximum Gasteiger partial charge on any atom is 0.251 e. The Morgan fingerprint density at radius 2 is 1.64 bits per heavy atom. The molecule has 5 heteroatoms. The van der Waals surface area contributed by atoms with Crippen LogP contribution < -0.4 is 10.1 Å². The van der Waals surface area contributed by atoms with Crippen molar-refractivity contribution in [2.75, 3.05) is 0 Å². The maximum absolute atomic E-state index is 12.6. The van der Waals surface area contributed by atoms with Gasteiger partial charge in [0.15, 0.2) is 0 Å². The summed E-state index contributed by atoms with van der Waals surface area (Å²) in [6.07, 6.45) is 1.82. The molecule has 1 aromatic heterocycles. The summed E-state index contributed by atoms with van der Waals surface area (Å²) in [6, 6.07) is 27.3. The van der Waals surface area contributed by atoms with Gasteiger partial charge in [-0.1, -0.05) is 48.5 Å². The van der Waals surface area contributed by atoms with Crippen molar-refractivity contribution in [3.63, 3.8) is 0 Å². The first-order chi connectivity index (χ1) is 16.1. The number of aryl methyl sites for hydroxylation is 2. The van der Waals surface area contributed by atoms with Gasteiger partial charge in [0.1, 0.15) is 23.8 Å². The van der Waals surface area contributed by atoms with E-state index in [1.165, 1.54) is 5.56 Å². The molecule has 1 N–H and O–H groups in total. The van der Waals surface area contributed by atoms with E-state index in [1.807, 2.05) is 74.5 Å². The molecule has 5 nitrogen and oxygen atoms in total.